The second-order valence-corrected chi connectivity index (χ2v) is 8.23. The Bertz CT molecular complexity index is 925. The van der Waals surface area contributed by atoms with Gasteiger partial charge in [-0.15, -0.1) is 0 Å². The zero-order valence-corrected chi connectivity index (χ0v) is 18.4. The Hall–Kier alpha value is -2.77. The predicted molar refractivity (Wildman–Crippen MR) is 117 cm³/mol. The minimum absolute atomic E-state index is 0.188. The van der Waals surface area contributed by atoms with E-state index in [9.17, 15) is 14.4 Å². The van der Waals surface area contributed by atoms with Gasteiger partial charge in [0.15, 0.2) is 0 Å². The van der Waals surface area contributed by atoms with Crippen LogP contribution in [0.1, 0.15) is 36.7 Å². The number of rotatable bonds is 6. The molecule has 0 heterocycles. The predicted octanol–water partition coefficient (Wildman–Crippen LogP) is 4.39. The van der Waals surface area contributed by atoms with Crippen molar-refractivity contribution in [3.8, 4) is 0 Å². The Morgan fingerprint density at radius 2 is 1.60 bits per heavy atom. The first-order valence-corrected chi connectivity index (χ1v) is 9.88. The summed E-state index contributed by atoms with van der Waals surface area (Å²) < 4.78 is 5.06. The van der Waals surface area contributed by atoms with Gasteiger partial charge in [-0.1, -0.05) is 35.3 Å². The number of carbonyl (C=O) groups is 3. The monoisotopic (exact) mass is 451 g/mol. The molecule has 3 N–H and O–H groups in total. The molecule has 0 atom stereocenters. The molecule has 0 aromatic heterocycles. The Morgan fingerprint density at radius 3 is 2.20 bits per heavy atom. The van der Waals surface area contributed by atoms with Crippen LogP contribution in [0, 0.1) is 0 Å². The van der Waals surface area contributed by atoms with E-state index in [1.165, 1.54) is 6.07 Å². The minimum Gasteiger partial charge on any atom is -0.444 e. The molecule has 160 valence electrons. The normalized spacial score (nSPS) is 10.8. The number of ether oxygens (including phenoxy) is 1. The maximum absolute atomic E-state index is 12.3. The molecule has 30 heavy (non-hydrogen) atoms. The van der Waals surface area contributed by atoms with Crippen molar-refractivity contribution >= 4 is 46.8 Å². The molecule has 0 fully saturated rings. The van der Waals surface area contributed by atoms with E-state index in [2.05, 4.69) is 16.0 Å². The molecule has 0 unspecified atom stereocenters. The quantitative estimate of drug-likeness (QED) is 0.606. The van der Waals surface area contributed by atoms with Crippen molar-refractivity contribution in [2.45, 2.75) is 32.9 Å². The fourth-order valence-electron chi connectivity index (χ4n) is 2.28. The lowest BCUT2D eigenvalue weighted by atomic mass is 10.2. The van der Waals surface area contributed by atoms with Crippen LogP contribution in [0.15, 0.2) is 42.5 Å². The van der Waals surface area contributed by atoms with Gasteiger partial charge < -0.3 is 20.7 Å². The Labute approximate surface area is 185 Å². The molecule has 0 spiro atoms. The first kappa shape index (κ1) is 23.5. The number of nitrogens with one attached hydrogen (secondary N) is 3. The lowest BCUT2D eigenvalue weighted by Gasteiger charge is -2.19. The maximum atomic E-state index is 12.3. The first-order valence-electron chi connectivity index (χ1n) is 9.12. The van der Waals surface area contributed by atoms with Gasteiger partial charge in [0, 0.05) is 17.8 Å². The molecule has 0 radical (unpaired) electrons. The molecule has 2 aromatic carbocycles. The third kappa shape index (κ3) is 7.93. The number of carbonyl (C=O) groups excluding carboxylic acids is 3. The summed E-state index contributed by atoms with van der Waals surface area (Å²) in [4.78, 5) is 35.7. The van der Waals surface area contributed by atoms with Crippen molar-refractivity contribution in [2.24, 2.45) is 0 Å². The van der Waals surface area contributed by atoms with Crippen LogP contribution < -0.4 is 16.0 Å². The van der Waals surface area contributed by atoms with E-state index in [-0.39, 0.29) is 24.9 Å². The van der Waals surface area contributed by atoms with Crippen molar-refractivity contribution in [2.75, 3.05) is 11.9 Å². The third-order valence-electron chi connectivity index (χ3n) is 3.68. The van der Waals surface area contributed by atoms with Gasteiger partial charge in [-0.25, -0.2) is 4.79 Å². The summed E-state index contributed by atoms with van der Waals surface area (Å²) in [6.07, 6.45) is -0.653. The van der Waals surface area contributed by atoms with Crippen molar-refractivity contribution < 1.29 is 19.1 Å². The summed E-state index contributed by atoms with van der Waals surface area (Å²) in [7, 11) is 0. The summed E-state index contributed by atoms with van der Waals surface area (Å²) in [6.45, 7) is 5.30. The smallest absolute Gasteiger partial charge is 0.408 e. The van der Waals surface area contributed by atoms with Crippen LogP contribution in [0.5, 0.6) is 0 Å². The molecule has 7 nitrogen and oxygen atoms in total. The van der Waals surface area contributed by atoms with Crippen molar-refractivity contribution in [1.82, 2.24) is 10.6 Å². The molecule has 2 rings (SSSR count). The number of anilines is 1. The molecule has 3 amide bonds. The lowest BCUT2D eigenvalue weighted by molar-refractivity contribution is -0.120. The fourth-order valence-corrected chi connectivity index (χ4v) is 2.57. The molecule has 0 aliphatic heterocycles. The van der Waals surface area contributed by atoms with E-state index in [4.69, 9.17) is 27.9 Å². The summed E-state index contributed by atoms with van der Waals surface area (Å²) in [5.41, 5.74) is 1.18. The molecular weight excluding hydrogens is 429 g/mol. The van der Waals surface area contributed by atoms with Crippen LogP contribution >= 0.6 is 23.2 Å². The van der Waals surface area contributed by atoms with Crippen LogP contribution in [0.4, 0.5) is 10.5 Å². The molecule has 9 heteroatoms. The van der Waals surface area contributed by atoms with E-state index in [1.54, 1.807) is 57.2 Å². The summed E-state index contributed by atoms with van der Waals surface area (Å²) in [6, 6.07) is 11.6. The number of halogens is 2. The second kappa shape index (κ2) is 10.3. The van der Waals surface area contributed by atoms with Gasteiger partial charge in [0.2, 0.25) is 5.91 Å². The number of alkyl carbamates (subject to hydrolysis) is 1. The number of benzene rings is 2. The van der Waals surface area contributed by atoms with Crippen LogP contribution in [0.3, 0.4) is 0 Å². The molecule has 0 saturated carbocycles. The van der Waals surface area contributed by atoms with Crippen molar-refractivity contribution in [3.63, 3.8) is 0 Å². The van der Waals surface area contributed by atoms with Gasteiger partial charge >= 0.3 is 6.09 Å². The Balaban J connectivity index is 1.80. The van der Waals surface area contributed by atoms with Gasteiger partial charge in [0.25, 0.3) is 5.91 Å². The highest BCUT2D eigenvalue weighted by Crippen LogP contribution is 2.23. The zero-order valence-electron chi connectivity index (χ0n) is 16.8. The average Bonchev–Trinajstić information content (AvgIpc) is 2.66. The van der Waals surface area contributed by atoms with Crippen LogP contribution in [-0.4, -0.2) is 30.1 Å². The molecule has 0 aliphatic carbocycles. The second-order valence-electron chi connectivity index (χ2n) is 7.41. The Kier molecular flexibility index (Phi) is 8.08. The topological polar surface area (TPSA) is 96.5 Å². The van der Waals surface area contributed by atoms with Crippen LogP contribution in [0.25, 0.3) is 0 Å². The highest BCUT2D eigenvalue weighted by atomic mass is 35.5. The first-order chi connectivity index (χ1) is 14.0. The molecule has 0 aliphatic rings. The zero-order chi connectivity index (χ0) is 22.3. The van der Waals surface area contributed by atoms with E-state index in [0.717, 1.165) is 5.56 Å². The van der Waals surface area contributed by atoms with E-state index < -0.39 is 11.7 Å². The van der Waals surface area contributed by atoms with Gasteiger partial charge in [0.05, 0.1) is 10.0 Å². The largest absolute Gasteiger partial charge is 0.444 e. The molecule has 0 saturated heterocycles. The molecule has 0 bridgehead atoms. The van der Waals surface area contributed by atoms with E-state index in [1.807, 2.05) is 0 Å². The number of hydrogen-bond donors (Lipinski definition) is 3. The van der Waals surface area contributed by atoms with Gasteiger partial charge in [-0.2, -0.15) is 0 Å². The average molecular weight is 452 g/mol. The highest BCUT2D eigenvalue weighted by Gasteiger charge is 2.16. The maximum Gasteiger partial charge on any atom is 0.408 e. The third-order valence-corrected chi connectivity index (χ3v) is 4.41. The van der Waals surface area contributed by atoms with E-state index in [0.29, 0.717) is 21.3 Å². The van der Waals surface area contributed by atoms with Gasteiger partial charge in [-0.05, 0) is 56.7 Å². The number of hydrogen-bond acceptors (Lipinski definition) is 4. The van der Waals surface area contributed by atoms with E-state index >= 15 is 0 Å². The van der Waals surface area contributed by atoms with Gasteiger partial charge in [0.1, 0.15) is 12.1 Å². The summed E-state index contributed by atoms with van der Waals surface area (Å²) >= 11 is 11.8. The van der Waals surface area contributed by atoms with Crippen LogP contribution in [0.2, 0.25) is 10.0 Å². The number of amides is 3. The van der Waals surface area contributed by atoms with Crippen molar-refractivity contribution in [1.29, 1.82) is 0 Å². The summed E-state index contributed by atoms with van der Waals surface area (Å²) in [5.74, 6) is -0.666. The highest BCUT2D eigenvalue weighted by molar-refractivity contribution is 6.42. The molecule has 2 aromatic rings. The molecular formula is C21H23Cl2N3O4. The van der Waals surface area contributed by atoms with Gasteiger partial charge in [-0.3, -0.25) is 9.59 Å². The summed E-state index contributed by atoms with van der Waals surface area (Å²) in [5, 5.41) is 8.52. The standard InChI is InChI=1S/C21H23Cl2N3O4/c1-21(2,3)30-20(29)25-12-18(27)24-11-13-4-7-15(8-5-13)26-19(28)14-6-9-16(22)17(23)10-14/h4-10H,11-12H2,1-3H3,(H,24,27)(H,25,29)(H,26,28). The van der Waals surface area contributed by atoms with Crippen molar-refractivity contribution in [3.05, 3.63) is 63.6 Å². The minimum atomic E-state index is -0.653. The SMILES string of the molecule is CC(C)(C)OC(=O)NCC(=O)NCc1ccc(NC(=O)c2ccc(Cl)c(Cl)c2)cc1. The van der Waals surface area contributed by atoms with Crippen LogP contribution in [-0.2, 0) is 16.1 Å². The fraction of sp³-hybridized carbons (Fsp3) is 0.286. The Morgan fingerprint density at radius 1 is 0.933 bits per heavy atom. The lowest BCUT2D eigenvalue weighted by Crippen LogP contribution is -2.39.